The average Bonchev–Trinajstić information content (AvgIpc) is 2.66. The molecule has 0 radical (unpaired) electrons. The number of allylic oxidation sites excluding steroid dienone is 2. The number of aliphatic carboxylic acids is 1. The lowest BCUT2D eigenvalue weighted by atomic mass is 9.78. The maximum Gasteiger partial charge on any atom is 0.325 e. The second-order valence-corrected chi connectivity index (χ2v) is 7.79. The maximum atomic E-state index is 12.5. The summed E-state index contributed by atoms with van der Waals surface area (Å²) in [6.45, 7) is 4.06. The van der Waals surface area contributed by atoms with Crippen molar-refractivity contribution in [2.75, 3.05) is 11.9 Å². The standard InChI is InChI=1S/C23H24N2O3/c1-23(2)13-19(24-15-21(26)27)12-20(14-23)25-18-10-8-17(9-11-18)22(28)16-6-4-3-5-7-16/h3-12,25H,13-15H2,1-2H3,(H,26,27). The van der Waals surface area contributed by atoms with E-state index in [9.17, 15) is 9.59 Å². The van der Waals surface area contributed by atoms with Gasteiger partial charge < -0.3 is 10.4 Å². The van der Waals surface area contributed by atoms with Crippen molar-refractivity contribution in [3.8, 4) is 0 Å². The van der Waals surface area contributed by atoms with E-state index in [0.29, 0.717) is 11.1 Å². The zero-order chi connectivity index (χ0) is 20.1. The number of nitrogens with one attached hydrogen (secondary N) is 1. The molecule has 0 fully saturated rings. The van der Waals surface area contributed by atoms with Crippen molar-refractivity contribution in [2.45, 2.75) is 26.7 Å². The number of rotatable bonds is 6. The van der Waals surface area contributed by atoms with Crippen molar-refractivity contribution in [3.63, 3.8) is 0 Å². The number of nitrogens with zero attached hydrogens (tertiary/aromatic N) is 1. The Kier molecular flexibility index (Phi) is 5.73. The summed E-state index contributed by atoms with van der Waals surface area (Å²) in [5, 5.41) is 12.2. The van der Waals surface area contributed by atoms with Crippen LogP contribution >= 0.6 is 0 Å². The molecule has 144 valence electrons. The summed E-state index contributed by atoms with van der Waals surface area (Å²) in [6, 6.07) is 16.6. The third kappa shape index (κ3) is 5.16. The van der Waals surface area contributed by atoms with E-state index in [0.717, 1.165) is 29.9 Å². The number of carbonyl (C=O) groups excluding carboxylic acids is 1. The van der Waals surface area contributed by atoms with Crippen molar-refractivity contribution in [3.05, 3.63) is 77.5 Å². The molecule has 2 aromatic rings. The maximum absolute atomic E-state index is 12.5. The Morgan fingerprint density at radius 1 is 1.00 bits per heavy atom. The number of benzene rings is 2. The number of aliphatic imine (C=N–C) groups is 1. The van der Waals surface area contributed by atoms with E-state index in [-0.39, 0.29) is 17.7 Å². The molecule has 28 heavy (non-hydrogen) atoms. The molecule has 1 aliphatic rings. The number of carboxylic acids is 1. The summed E-state index contributed by atoms with van der Waals surface area (Å²) in [5.41, 5.74) is 3.96. The first-order chi connectivity index (χ1) is 13.3. The van der Waals surface area contributed by atoms with E-state index < -0.39 is 5.97 Å². The largest absolute Gasteiger partial charge is 0.480 e. The predicted molar refractivity (Wildman–Crippen MR) is 111 cm³/mol. The van der Waals surface area contributed by atoms with Gasteiger partial charge in [-0.3, -0.25) is 14.6 Å². The summed E-state index contributed by atoms with van der Waals surface area (Å²) >= 11 is 0. The molecule has 0 aromatic heterocycles. The van der Waals surface area contributed by atoms with Crippen LogP contribution in [-0.4, -0.2) is 29.1 Å². The van der Waals surface area contributed by atoms with Crippen LogP contribution in [0.3, 0.4) is 0 Å². The SMILES string of the molecule is CC1(C)CC(Nc2ccc(C(=O)c3ccccc3)cc2)=CC(=NCC(=O)O)C1. The van der Waals surface area contributed by atoms with Crippen molar-refractivity contribution in [1.29, 1.82) is 0 Å². The molecule has 5 heteroatoms. The van der Waals surface area contributed by atoms with Gasteiger partial charge in [-0.25, -0.2) is 0 Å². The number of anilines is 1. The van der Waals surface area contributed by atoms with Crippen molar-refractivity contribution in [1.82, 2.24) is 0 Å². The van der Waals surface area contributed by atoms with Gasteiger partial charge in [0, 0.05) is 28.2 Å². The Morgan fingerprint density at radius 2 is 1.64 bits per heavy atom. The molecule has 0 heterocycles. The first kappa shape index (κ1) is 19.5. The Labute approximate surface area is 164 Å². The molecule has 0 amide bonds. The molecule has 2 N–H and O–H groups in total. The monoisotopic (exact) mass is 376 g/mol. The molecule has 5 nitrogen and oxygen atoms in total. The Bertz CT molecular complexity index is 926. The average molecular weight is 376 g/mol. The highest BCUT2D eigenvalue weighted by Crippen LogP contribution is 2.34. The zero-order valence-electron chi connectivity index (χ0n) is 16.1. The van der Waals surface area contributed by atoms with Crippen molar-refractivity contribution >= 4 is 23.2 Å². The molecule has 0 aliphatic heterocycles. The summed E-state index contributed by atoms with van der Waals surface area (Å²) < 4.78 is 0. The van der Waals surface area contributed by atoms with Crippen LogP contribution in [-0.2, 0) is 4.79 Å². The Morgan fingerprint density at radius 3 is 2.29 bits per heavy atom. The van der Waals surface area contributed by atoms with Crippen LogP contribution in [0.15, 0.2) is 71.4 Å². The molecule has 2 aromatic carbocycles. The number of hydrogen-bond donors (Lipinski definition) is 2. The van der Waals surface area contributed by atoms with Crippen LogP contribution in [0.2, 0.25) is 0 Å². The lowest BCUT2D eigenvalue weighted by Crippen LogP contribution is -2.25. The fourth-order valence-corrected chi connectivity index (χ4v) is 3.37. The fourth-order valence-electron chi connectivity index (χ4n) is 3.37. The summed E-state index contributed by atoms with van der Waals surface area (Å²) in [5.74, 6) is -0.939. The normalized spacial score (nSPS) is 17.1. The molecule has 0 bridgehead atoms. The molecular weight excluding hydrogens is 352 g/mol. The number of hydrogen-bond acceptors (Lipinski definition) is 4. The van der Waals surface area contributed by atoms with Crippen LogP contribution in [0.25, 0.3) is 0 Å². The Balaban J connectivity index is 1.74. The van der Waals surface area contributed by atoms with E-state index >= 15 is 0 Å². The molecule has 1 aliphatic carbocycles. The fraction of sp³-hybridized carbons (Fsp3) is 0.261. The van der Waals surface area contributed by atoms with Gasteiger partial charge in [0.05, 0.1) is 0 Å². The quantitative estimate of drug-likeness (QED) is 0.725. The second-order valence-electron chi connectivity index (χ2n) is 7.79. The molecule has 0 saturated heterocycles. The topological polar surface area (TPSA) is 78.8 Å². The van der Waals surface area contributed by atoms with E-state index in [1.165, 1.54) is 0 Å². The molecule has 0 spiro atoms. The van der Waals surface area contributed by atoms with Crippen molar-refractivity contribution < 1.29 is 14.7 Å². The third-order valence-electron chi connectivity index (χ3n) is 4.57. The van der Waals surface area contributed by atoms with Crippen LogP contribution in [0, 0.1) is 5.41 Å². The van der Waals surface area contributed by atoms with Gasteiger partial charge in [-0.05, 0) is 48.6 Å². The molecule has 0 saturated carbocycles. The van der Waals surface area contributed by atoms with Gasteiger partial charge in [0.2, 0.25) is 0 Å². The van der Waals surface area contributed by atoms with Gasteiger partial charge in [0.15, 0.2) is 5.78 Å². The molecule has 0 unspecified atom stereocenters. The molecule has 3 rings (SSSR count). The van der Waals surface area contributed by atoms with Crippen LogP contribution in [0.5, 0.6) is 0 Å². The lowest BCUT2D eigenvalue weighted by Gasteiger charge is -2.31. The van der Waals surface area contributed by atoms with Crippen LogP contribution in [0.4, 0.5) is 5.69 Å². The smallest absolute Gasteiger partial charge is 0.325 e. The highest BCUT2D eigenvalue weighted by atomic mass is 16.4. The Hall–Kier alpha value is -3.21. The highest BCUT2D eigenvalue weighted by Gasteiger charge is 2.26. The minimum Gasteiger partial charge on any atom is -0.480 e. The van der Waals surface area contributed by atoms with E-state index in [1.807, 2.05) is 48.5 Å². The minimum atomic E-state index is -0.933. The number of ketones is 1. The highest BCUT2D eigenvalue weighted by molar-refractivity contribution is 6.09. The zero-order valence-corrected chi connectivity index (χ0v) is 16.1. The number of carboxylic acid groups (broad SMARTS) is 1. The summed E-state index contributed by atoms with van der Waals surface area (Å²) in [7, 11) is 0. The molecular formula is C23H24N2O3. The van der Waals surface area contributed by atoms with Gasteiger partial charge in [-0.2, -0.15) is 0 Å². The van der Waals surface area contributed by atoms with E-state index in [2.05, 4.69) is 24.2 Å². The first-order valence-electron chi connectivity index (χ1n) is 9.25. The van der Waals surface area contributed by atoms with Crippen molar-refractivity contribution in [2.24, 2.45) is 10.4 Å². The van der Waals surface area contributed by atoms with Gasteiger partial charge in [0.1, 0.15) is 6.54 Å². The number of carbonyl (C=O) groups is 2. The summed E-state index contributed by atoms with van der Waals surface area (Å²) in [6.07, 6.45) is 3.51. The molecule has 0 atom stereocenters. The van der Waals surface area contributed by atoms with E-state index in [1.54, 1.807) is 12.1 Å². The van der Waals surface area contributed by atoms with Gasteiger partial charge in [0.25, 0.3) is 0 Å². The predicted octanol–water partition coefficient (Wildman–Crippen LogP) is 4.56. The van der Waals surface area contributed by atoms with Crippen LogP contribution < -0.4 is 5.32 Å². The van der Waals surface area contributed by atoms with Gasteiger partial charge in [-0.15, -0.1) is 0 Å². The van der Waals surface area contributed by atoms with Crippen LogP contribution in [0.1, 0.15) is 42.6 Å². The van der Waals surface area contributed by atoms with E-state index in [4.69, 9.17) is 5.11 Å². The first-order valence-corrected chi connectivity index (χ1v) is 9.25. The van der Waals surface area contributed by atoms with Gasteiger partial charge >= 0.3 is 5.97 Å². The lowest BCUT2D eigenvalue weighted by molar-refractivity contribution is -0.135. The second kappa shape index (κ2) is 8.21. The third-order valence-corrected chi connectivity index (χ3v) is 4.57. The van der Waals surface area contributed by atoms with Gasteiger partial charge in [-0.1, -0.05) is 44.2 Å². The summed E-state index contributed by atoms with van der Waals surface area (Å²) in [4.78, 5) is 27.5. The minimum absolute atomic E-state index is 0.00235.